The lowest BCUT2D eigenvalue weighted by Gasteiger charge is -2.34. The van der Waals surface area contributed by atoms with E-state index in [9.17, 15) is 9.18 Å². The third-order valence-electron chi connectivity index (χ3n) is 4.67. The first-order valence-electron chi connectivity index (χ1n) is 8.74. The number of H-pyrrole nitrogens is 1. The Kier molecular flexibility index (Phi) is 6.79. The minimum absolute atomic E-state index is 0.188. The fourth-order valence-corrected chi connectivity index (χ4v) is 3.13. The molecule has 1 amide bonds. The SMILES string of the molecule is CC(C)N1CCC(NC=O)CC1.CCc1c[nH]c2cc(F)ccc12. The van der Waals surface area contributed by atoms with Crippen molar-refractivity contribution >= 4 is 17.3 Å². The summed E-state index contributed by atoms with van der Waals surface area (Å²) in [6, 6.07) is 5.89. The Morgan fingerprint density at radius 2 is 2.08 bits per heavy atom. The monoisotopic (exact) mass is 333 g/mol. The maximum atomic E-state index is 12.7. The van der Waals surface area contributed by atoms with Crippen molar-refractivity contribution in [1.29, 1.82) is 0 Å². The molecule has 0 unspecified atom stereocenters. The summed E-state index contributed by atoms with van der Waals surface area (Å²) < 4.78 is 12.7. The number of rotatable bonds is 4. The van der Waals surface area contributed by atoms with E-state index in [0.717, 1.165) is 49.7 Å². The van der Waals surface area contributed by atoms with Crippen LogP contribution in [0.15, 0.2) is 24.4 Å². The average Bonchev–Trinajstić information content (AvgIpc) is 2.98. The van der Waals surface area contributed by atoms with Crippen molar-refractivity contribution in [3.63, 3.8) is 0 Å². The molecule has 24 heavy (non-hydrogen) atoms. The lowest BCUT2D eigenvalue weighted by molar-refractivity contribution is -0.110. The van der Waals surface area contributed by atoms with E-state index in [1.165, 1.54) is 17.7 Å². The van der Waals surface area contributed by atoms with E-state index in [0.29, 0.717) is 12.1 Å². The number of piperidine rings is 1. The predicted octanol–water partition coefficient (Wildman–Crippen LogP) is 3.47. The first-order valence-corrected chi connectivity index (χ1v) is 8.74. The summed E-state index contributed by atoms with van der Waals surface area (Å²) in [7, 11) is 0. The van der Waals surface area contributed by atoms with E-state index in [1.807, 2.05) is 12.3 Å². The number of benzene rings is 1. The summed E-state index contributed by atoms with van der Waals surface area (Å²) in [6.45, 7) is 8.75. The summed E-state index contributed by atoms with van der Waals surface area (Å²) in [4.78, 5) is 15.7. The summed E-state index contributed by atoms with van der Waals surface area (Å²) in [5.41, 5.74) is 2.12. The molecule has 0 atom stereocenters. The standard InChI is InChI=1S/C10H10FN.C9H18N2O/c1-2-7-6-12-10-5-8(11)3-4-9(7)10;1-8(2)11-5-3-9(4-6-11)10-7-12/h3-6,12H,2H2,1H3;7-9H,3-6H2,1-2H3,(H,10,12). The Hall–Kier alpha value is -1.88. The molecule has 2 N–H and O–H groups in total. The maximum Gasteiger partial charge on any atom is 0.207 e. The number of halogens is 1. The smallest absolute Gasteiger partial charge is 0.207 e. The van der Waals surface area contributed by atoms with Gasteiger partial charge in [-0.1, -0.05) is 6.92 Å². The number of amides is 1. The van der Waals surface area contributed by atoms with Gasteiger partial charge in [0.1, 0.15) is 5.82 Å². The van der Waals surface area contributed by atoms with Crippen molar-refractivity contribution in [2.24, 2.45) is 0 Å². The number of aromatic amines is 1. The number of nitrogens with zero attached hydrogens (tertiary/aromatic N) is 1. The van der Waals surface area contributed by atoms with Crippen LogP contribution < -0.4 is 5.32 Å². The van der Waals surface area contributed by atoms with Gasteiger partial charge in [-0.15, -0.1) is 0 Å². The average molecular weight is 333 g/mol. The van der Waals surface area contributed by atoms with Gasteiger partial charge in [-0.3, -0.25) is 4.79 Å². The van der Waals surface area contributed by atoms with Crippen molar-refractivity contribution in [2.75, 3.05) is 13.1 Å². The molecule has 1 aliphatic rings. The Morgan fingerprint density at radius 1 is 1.38 bits per heavy atom. The number of hydrogen-bond acceptors (Lipinski definition) is 2. The molecule has 0 aliphatic carbocycles. The highest BCUT2D eigenvalue weighted by molar-refractivity contribution is 5.83. The highest BCUT2D eigenvalue weighted by Gasteiger charge is 2.19. The zero-order chi connectivity index (χ0) is 17.5. The number of fused-ring (bicyclic) bond motifs is 1. The second-order valence-corrected chi connectivity index (χ2v) is 6.55. The molecule has 0 radical (unpaired) electrons. The highest BCUT2D eigenvalue weighted by atomic mass is 19.1. The number of carbonyl (C=O) groups is 1. The number of likely N-dealkylation sites (tertiary alicyclic amines) is 1. The van der Waals surface area contributed by atoms with Crippen LogP contribution in [0.25, 0.3) is 10.9 Å². The van der Waals surface area contributed by atoms with Gasteiger partial charge in [-0.05, 0) is 56.9 Å². The molecule has 3 rings (SSSR count). The Labute approximate surface area is 143 Å². The van der Waals surface area contributed by atoms with Gasteiger partial charge in [-0.2, -0.15) is 0 Å². The Balaban J connectivity index is 0.000000174. The molecule has 2 heterocycles. The topological polar surface area (TPSA) is 48.1 Å². The van der Waals surface area contributed by atoms with Crippen LogP contribution in [0, 0.1) is 5.82 Å². The number of nitrogens with one attached hydrogen (secondary N) is 2. The Morgan fingerprint density at radius 3 is 2.67 bits per heavy atom. The molecule has 1 aliphatic heterocycles. The predicted molar refractivity (Wildman–Crippen MR) is 96.6 cm³/mol. The lowest BCUT2D eigenvalue weighted by Crippen LogP contribution is -2.44. The van der Waals surface area contributed by atoms with E-state index >= 15 is 0 Å². The fourth-order valence-electron chi connectivity index (χ4n) is 3.13. The van der Waals surface area contributed by atoms with Crippen LogP contribution in [0.4, 0.5) is 4.39 Å². The van der Waals surface area contributed by atoms with Crippen LogP contribution in [0.3, 0.4) is 0 Å². The minimum atomic E-state index is -0.188. The molecule has 0 bridgehead atoms. The number of aromatic nitrogens is 1. The maximum absolute atomic E-state index is 12.7. The molecular weight excluding hydrogens is 305 g/mol. The fraction of sp³-hybridized carbons (Fsp3) is 0.526. The van der Waals surface area contributed by atoms with Crippen LogP contribution in [0.5, 0.6) is 0 Å². The van der Waals surface area contributed by atoms with E-state index in [-0.39, 0.29) is 5.82 Å². The summed E-state index contributed by atoms with van der Waals surface area (Å²) >= 11 is 0. The van der Waals surface area contributed by atoms with Crippen LogP contribution in [-0.4, -0.2) is 41.5 Å². The zero-order valence-corrected chi connectivity index (χ0v) is 14.8. The first-order chi connectivity index (χ1) is 11.5. The van der Waals surface area contributed by atoms with Crippen molar-refractivity contribution < 1.29 is 9.18 Å². The minimum Gasteiger partial charge on any atom is -0.361 e. The molecule has 4 nitrogen and oxygen atoms in total. The highest BCUT2D eigenvalue weighted by Crippen LogP contribution is 2.19. The van der Waals surface area contributed by atoms with Crippen molar-refractivity contribution in [3.05, 3.63) is 35.8 Å². The van der Waals surface area contributed by atoms with E-state index in [4.69, 9.17) is 0 Å². The van der Waals surface area contributed by atoms with Gasteiger partial charge in [0.2, 0.25) is 6.41 Å². The number of carbonyl (C=O) groups excluding carboxylic acids is 1. The number of aryl methyl sites for hydroxylation is 1. The first kappa shape index (κ1) is 18.5. The number of hydrogen-bond donors (Lipinski definition) is 2. The largest absolute Gasteiger partial charge is 0.361 e. The zero-order valence-electron chi connectivity index (χ0n) is 14.8. The van der Waals surface area contributed by atoms with Gasteiger partial charge in [-0.25, -0.2) is 4.39 Å². The molecule has 1 fully saturated rings. The van der Waals surface area contributed by atoms with Crippen molar-refractivity contribution in [2.45, 2.75) is 52.1 Å². The molecule has 2 aromatic rings. The van der Waals surface area contributed by atoms with Crippen LogP contribution in [-0.2, 0) is 11.2 Å². The van der Waals surface area contributed by atoms with E-state index < -0.39 is 0 Å². The van der Waals surface area contributed by atoms with Gasteiger partial charge in [0, 0.05) is 42.3 Å². The molecule has 132 valence electrons. The van der Waals surface area contributed by atoms with Crippen molar-refractivity contribution in [1.82, 2.24) is 15.2 Å². The molecule has 0 saturated carbocycles. The summed E-state index contributed by atoms with van der Waals surface area (Å²) in [5, 5.41) is 3.96. The summed E-state index contributed by atoms with van der Waals surface area (Å²) in [6.07, 6.45) is 5.92. The van der Waals surface area contributed by atoms with Gasteiger partial charge in [0.15, 0.2) is 0 Å². The second-order valence-electron chi connectivity index (χ2n) is 6.55. The van der Waals surface area contributed by atoms with Gasteiger partial charge < -0.3 is 15.2 Å². The third-order valence-corrected chi connectivity index (χ3v) is 4.67. The molecule has 1 aromatic carbocycles. The molecular formula is C19H28FN3O. The lowest BCUT2D eigenvalue weighted by atomic mass is 10.0. The van der Waals surface area contributed by atoms with E-state index in [1.54, 1.807) is 0 Å². The summed E-state index contributed by atoms with van der Waals surface area (Å²) in [5.74, 6) is -0.188. The van der Waals surface area contributed by atoms with Crippen molar-refractivity contribution in [3.8, 4) is 0 Å². The third kappa shape index (κ3) is 4.81. The van der Waals surface area contributed by atoms with Gasteiger partial charge in [0.25, 0.3) is 0 Å². The Bertz CT molecular complexity index is 645. The van der Waals surface area contributed by atoms with E-state index in [2.05, 4.69) is 36.0 Å². The van der Waals surface area contributed by atoms with Gasteiger partial charge in [0.05, 0.1) is 0 Å². The quantitative estimate of drug-likeness (QED) is 0.842. The second kappa shape index (κ2) is 8.83. The van der Waals surface area contributed by atoms with Crippen LogP contribution >= 0.6 is 0 Å². The molecule has 1 saturated heterocycles. The van der Waals surface area contributed by atoms with Crippen LogP contribution in [0.2, 0.25) is 0 Å². The van der Waals surface area contributed by atoms with Gasteiger partial charge >= 0.3 is 0 Å². The molecule has 0 spiro atoms. The van der Waals surface area contributed by atoms with Crippen LogP contribution in [0.1, 0.15) is 39.2 Å². The molecule has 5 heteroatoms. The molecule has 1 aromatic heterocycles. The normalized spacial score (nSPS) is 16.0.